The number of aromatic nitrogens is 2. The minimum Gasteiger partial charge on any atom is -0.322 e. The highest BCUT2D eigenvalue weighted by Crippen LogP contribution is 2.24. The average molecular weight is 305 g/mol. The van der Waals surface area contributed by atoms with Gasteiger partial charge in [-0.3, -0.25) is 4.79 Å². The van der Waals surface area contributed by atoms with E-state index in [1.54, 1.807) is 10.9 Å². The van der Waals surface area contributed by atoms with Crippen molar-refractivity contribution in [2.75, 3.05) is 5.32 Å². The number of para-hydroxylation sites is 1. The van der Waals surface area contributed by atoms with Gasteiger partial charge in [0.15, 0.2) is 0 Å². The highest BCUT2D eigenvalue weighted by Gasteiger charge is 2.11. The molecule has 1 N–H and O–H groups in total. The van der Waals surface area contributed by atoms with Crippen LogP contribution in [0.2, 0.25) is 0 Å². The molecular weight excluding hydrogens is 286 g/mol. The zero-order chi connectivity index (χ0) is 16.2. The minimum absolute atomic E-state index is 0.106. The van der Waals surface area contributed by atoms with Gasteiger partial charge in [-0.2, -0.15) is 5.10 Å². The number of amides is 1. The topological polar surface area (TPSA) is 46.9 Å². The highest BCUT2D eigenvalue weighted by molar-refractivity contribution is 6.04. The fraction of sp³-hybridized carbons (Fsp3) is 0.158. The lowest BCUT2D eigenvalue weighted by atomic mass is 10.0. The third-order valence-electron chi connectivity index (χ3n) is 3.73. The molecule has 0 bridgehead atoms. The molecule has 1 heterocycles. The summed E-state index contributed by atoms with van der Waals surface area (Å²) in [5, 5.41) is 7.18. The Balaban J connectivity index is 1.79. The lowest BCUT2D eigenvalue weighted by Crippen LogP contribution is -2.13. The van der Waals surface area contributed by atoms with Crippen molar-refractivity contribution in [3.63, 3.8) is 0 Å². The van der Waals surface area contributed by atoms with Gasteiger partial charge < -0.3 is 5.32 Å². The molecule has 0 saturated heterocycles. The summed E-state index contributed by atoms with van der Waals surface area (Å²) in [5.41, 5.74) is 3.55. The van der Waals surface area contributed by atoms with Crippen LogP contribution in [0.4, 0.5) is 5.69 Å². The first-order valence-corrected chi connectivity index (χ1v) is 7.65. The van der Waals surface area contributed by atoms with Gasteiger partial charge in [-0.25, -0.2) is 4.68 Å². The fourth-order valence-electron chi connectivity index (χ4n) is 2.50. The Morgan fingerprint density at radius 1 is 1.04 bits per heavy atom. The smallest absolute Gasteiger partial charge is 0.255 e. The third kappa shape index (κ3) is 3.31. The van der Waals surface area contributed by atoms with Crippen LogP contribution >= 0.6 is 0 Å². The van der Waals surface area contributed by atoms with Gasteiger partial charge in [-0.1, -0.05) is 32.0 Å². The molecule has 3 rings (SSSR count). The van der Waals surface area contributed by atoms with Gasteiger partial charge in [0.2, 0.25) is 0 Å². The van der Waals surface area contributed by atoms with E-state index in [4.69, 9.17) is 0 Å². The van der Waals surface area contributed by atoms with E-state index in [-0.39, 0.29) is 5.91 Å². The summed E-state index contributed by atoms with van der Waals surface area (Å²) in [6, 6.07) is 17.2. The zero-order valence-electron chi connectivity index (χ0n) is 13.2. The van der Waals surface area contributed by atoms with E-state index in [0.29, 0.717) is 11.5 Å². The summed E-state index contributed by atoms with van der Waals surface area (Å²) in [5.74, 6) is 0.249. The van der Waals surface area contributed by atoms with Crippen LogP contribution in [0.1, 0.15) is 35.7 Å². The molecule has 0 unspecified atom stereocenters. The van der Waals surface area contributed by atoms with Gasteiger partial charge in [0.05, 0.1) is 5.69 Å². The maximum Gasteiger partial charge on any atom is 0.255 e. The summed E-state index contributed by atoms with van der Waals surface area (Å²) in [4.78, 5) is 12.5. The Hall–Kier alpha value is -2.88. The van der Waals surface area contributed by atoms with Crippen LogP contribution in [0.25, 0.3) is 5.69 Å². The first-order valence-electron chi connectivity index (χ1n) is 7.65. The molecule has 4 heteroatoms. The monoisotopic (exact) mass is 305 g/mol. The van der Waals surface area contributed by atoms with Crippen molar-refractivity contribution in [3.05, 3.63) is 78.1 Å². The number of hydrogen-bond acceptors (Lipinski definition) is 2. The maximum absolute atomic E-state index is 12.5. The Labute approximate surface area is 135 Å². The zero-order valence-corrected chi connectivity index (χ0v) is 13.2. The molecule has 4 nitrogen and oxygen atoms in total. The number of rotatable bonds is 4. The largest absolute Gasteiger partial charge is 0.322 e. The summed E-state index contributed by atoms with van der Waals surface area (Å²) in [7, 11) is 0. The van der Waals surface area contributed by atoms with Crippen LogP contribution in [0, 0.1) is 0 Å². The number of nitrogens with zero attached hydrogens (tertiary/aromatic N) is 2. The Morgan fingerprint density at radius 3 is 2.43 bits per heavy atom. The third-order valence-corrected chi connectivity index (χ3v) is 3.73. The van der Waals surface area contributed by atoms with E-state index in [9.17, 15) is 4.79 Å². The van der Waals surface area contributed by atoms with Crippen LogP contribution in [0.3, 0.4) is 0 Å². The van der Waals surface area contributed by atoms with Crippen molar-refractivity contribution in [2.24, 2.45) is 0 Å². The second-order valence-corrected chi connectivity index (χ2v) is 5.69. The summed E-state index contributed by atoms with van der Waals surface area (Å²) < 4.78 is 1.76. The number of anilines is 1. The molecule has 0 atom stereocenters. The number of carbonyl (C=O) groups excluding carboxylic acids is 1. The van der Waals surface area contributed by atoms with E-state index < -0.39 is 0 Å². The molecule has 0 radical (unpaired) electrons. The normalized spacial score (nSPS) is 10.7. The lowest BCUT2D eigenvalue weighted by molar-refractivity contribution is 0.102. The quantitative estimate of drug-likeness (QED) is 0.783. The Kier molecular flexibility index (Phi) is 4.24. The van der Waals surface area contributed by atoms with Crippen molar-refractivity contribution < 1.29 is 4.79 Å². The van der Waals surface area contributed by atoms with Crippen molar-refractivity contribution >= 4 is 11.6 Å². The summed E-state index contributed by atoms with van der Waals surface area (Å²) in [6.07, 6.45) is 3.59. The maximum atomic E-state index is 12.5. The van der Waals surface area contributed by atoms with Crippen molar-refractivity contribution in [1.82, 2.24) is 9.78 Å². The number of nitrogens with one attached hydrogen (secondary N) is 1. The van der Waals surface area contributed by atoms with E-state index in [2.05, 4.69) is 24.3 Å². The number of benzene rings is 2. The standard InChI is InChI=1S/C19H19N3O/c1-14(2)17-6-3-4-7-18(17)21-19(23)15-8-10-16(11-9-15)22-13-5-12-20-22/h3-14H,1-2H3,(H,21,23). The Morgan fingerprint density at radius 2 is 1.78 bits per heavy atom. The molecule has 1 aromatic heterocycles. The SMILES string of the molecule is CC(C)c1ccccc1NC(=O)c1ccc(-n2cccn2)cc1. The van der Waals surface area contributed by atoms with Crippen molar-refractivity contribution in [1.29, 1.82) is 0 Å². The molecular formula is C19H19N3O. The highest BCUT2D eigenvalue weighted by atomic mass is 16.1. The van der Waals surface area contributed by atoms with Crippen molar-refractivity contribution in [3.8, 4) is 5.69 Å². The molecule has 1 amide bonds. The van der Waals surface area contributed by atoms with Gasteiger partial charge in [0.1, 0.15) is 0 Å². The van der Waals surface area contributed by atoms with E-state index >= 15 is 0 Å². The molecule has 3 aromatic rings. The van der Waals surface area contributed by atoms with Gasteiger partial charge in [-0.15, -0.1) is 0 Å². The molecule has 23 heavy (non-hydrogen) atoms. The lowest BCUT2D eigenvalue weighted by Gasteiger charge is -2.13. The van der Waals surface area contributed by atoms with Crippen molar-refractivity contribution in [2.45, 2.75) is 19.8 Å². The first-order chi connectivity index (χ1) is 11.1. The number of hydrogen-bond donors (Lipinski definition) is 1. The minimum atomic E-state index is -0.106. The number of carbonyl (C=O) groups is 1. The predicted molar refractivity (Wildman–Crippen MR) is 92.0 cm³/mol. The molecule has 116 valence electrons. The second kappa shape index (κ2) is 6.48. The second-order valence-electron chi connectivity index (χ2n) is 5.69. The molecule has 0 spiro atoms. The van der Waals surface area contributed by atoms with Crippen LogP contribution in [0.5, 0.6) is 0 Å². The van der Waals surface area contributed by atoms with Crippen LogP contribution in [-0.2, 0) is 0 Å². The molecule has 0 aliphatic heterocycles. The molecule has 0 saturated carbocycles. The molecule has 0 aliphatic carbocycles. The summed E-state index contributed by atoms with van der Waals surface area (Å²) >= 11 is 0. The van der Waals surface area contributed by atoms with E-state index in [1.807, 2.05) is 60.8 Å². The van der Waals surface area contributed by atoms with E-state index in [1.165, 1.54) is 0 Å². The molecule has 0 fully saturated rings. The molecule has 2 aromatic carbocycles. The first kappa shape index (κ1) is 15.0. The van der Waals surface area contributed by atoms with E-state index in [0.717, 1.165) is 16.9 Å². The fourth-order valence-corrected chi connectivity index (χ4v) is 2.50. The van der Waals surface area contributed by atoms with Gasteiger partial charge in [0.25, 0.3) is 5.91 Å². The Bertz CT molecular complexity index is 790. The summed E-state index contributed by atoms with van der Waals surface area (Å²) in [6.45, 7) is 4.23. The van der Waals surface area contributed by atoms with Crippen LogP contribution in [0.15, 0.2) is 67.0 Å². The van der Waals surface area contributed by atoms with Gasteiger partial charge >= 0.3 is 0 Å². The van der Waals surface area contributed by atoms with Gasteiger partial charge in [0, 0.05) is 23.6 Å². The molecule has 0 aliphatic rings. The van der Waals surface area contributed by atoms with Crippen LogP contribution in [-0.4, -0.2) is 15.7 Å². The van der Waals surface area contributed by atoms with Gasteiger partial charge in [-0.05, 0) is 47.9 Å². The van der Waals surface area contributed by atoms with Crippen LogP contribution < -0.4 is 5.32 Å². The predicted octanol–water partition coefficient (Wildman–Crippen LogP) is 4.25. The average Bonchev–Trinajstić information content (AvgIpc) is 3.10.